The van der Waals surface area contributed by atoms with Crippen LogP contribution >= 0.6 is 12.4 Å². The molecule has 7 nitrogen and oxygen atoms in total. The standard InChI is InChI=1S/C23H24F2N4O3.ClH/c24-15-7-6-14(18(25)11-15)12-29-20-13-28(21(30)5-1-4-19(26)23(31)32)10-8-16(20)17-3-2-9-27-22(17)29;/h2-3,6-7,9,11,19H,1,4-5,8,10,12-13,26H2,(H,31,32);1H/t19-;/m0./s1. The highest BCUT2D eigenvalue weighted by molar-refractivity contribution is 5.85. The number of fused-ring (bicyclic) bond motifs is 3. The summed E-state index contributed by atoms with van der Waals surface area (Å²) >= 11 is 0. The van der Waals surface area contributed by atoms with E-state index < -0.39 is 23.6 Å². The van der Waals surface area contributed by atoms with Crippen LogP contribution in [0.1, 0.15) is 36.1 Å². The number of benzene rings is 1. The Hall–Kier alpha value is -3.04. The second kappa shape index (κ2) is 10.3. The summed E-state index contributed by atoms with van der Waals surface area (Å²) in [5, 5.41) is 9.85. The average molecular weight is 479 g/mol. The predicted molar refractivity (Wildman–Crippen MR) is 121 cm³/mol. The minimum absolute atomic E-state index is 0. The topological polar surface area (TPSA) is 101 Å². The van der Waals surface area contributed by atoms with E-state index >= 15 is 0 Å². The minimum atomic E-state index is -1.08. The van der Waals surface area contributed by atoms with Gasteiger partial charge in [0.15, 0.2) is 0 Å². The van der Waals surface area contributed by atoms with E-state index in [1.165, 1.54) is 12.1 Å². The van der Waals surface area contributed by atoms with E-state index in [1.54, 1.807) is 11.1 Å². The molecule has 3 N–H and O–H groups in total. The van der Waals surface area contributed by atoms with Gasteiger partial charge < -0.3 is 20.3 Å². The number of carboxylic acids is 1. The first kappa shape index (κ1) is 24.6. The molecule has 0 radical (unpaired) electrons. The Morgan fingerprint density at radius 3 is 2.76 bits per heavy atom. The lowest BCUT2D eigenvalue weighted by Gasteiger charge is -2.29. The molecule has 1 amide bonds. The molecule has 2 aromatic heterocycles. The molecule has 0 spiro atoms. The Morgan fingerprint density at radius 2 is 2.03 bits per heavy atom. The Bertz CT molecular complexity index is 1180. The first-order valence-electron chi connectivity index (χ1n) is 10.5. The number of carboxylic acid groups (broad SMARTS) is 1. The van der Waals surface area contributed by atoms with Crippen molar-refractivity contribution in [2.45, 2.75) is 44.8 Å². The van der Waals surface area contributed by atoms with Crippen molar-refractivity contribution in [3.05, 3.63) is 65.0 Å². The zero-order valence-corrected chi connectivity index (χ0v) is 18.7. The smallest absolute Gasteiger partial charge is 0.320 e. The van der Waals surface area contributed by atoms with Crippen molar-refractivity contribution in [2.24, 2.45) is 5.73 Å². The first-order chi connectivity index (χ1) is 15.3. The third kappa shape index (κ3) is 5.15. The minimum Gasteiger partial charge on any atom is -0.480 e. The van der Waals surface area contributed by atoms with Crippen LogP contribution in [0.25, 0.3) is 11.0 Å². The van der Waals surface area contributed by atoms with E-state index in [0.717, 1.165) is 22.7 Å². The lowest BCUT2D eigenvalue weighted by Crippen LogP contribution is -2.37. The van der Waals surface area contributed by atoms with Gasteiger partial charge in [0.2, 0.25) is 5.91 Å². The zero-order valence-electron chi connectivity index (χ0n) is 17.8. The van der Waals surface area contributed by atoms with E-state index in [9.17, 15) is 18.4 Å². The van der Waals surface area contributed by atoms with E-state index in [-0.39, 0.29) is 37.7 Å². The monoisotopic (exact) mass is 478 g/mol. The number of aliphatic carboxylic acids is 1. The predicted octanol–water partition coefficient (Wildman–Crippen LogP) is 3.25. The molecule has 33 heavy (non-hydrogen) atoms. The van der Waals surface area contributed by atoms with Crippen molar-refractivity contribution < 1.29 is 23.5 Å². The van der Waals surface area contributed by atoms with Gasteiger partial charge in [-0.05, 0) is 43.0 Å². The number of carbonyl (C=O) groups is 2. The highest BCUT2D eigenvalue weighted by atomic mass is 35.5. The fourth-order valence-corrected chi connectivity index (χ4v) is 4.22. The lowest BCUT2D eigenvalue weighted by molar-refractivity contribution is -0.139. The molecule has 0 fully saturated rings. The summed E-state index contributed by atoms with van der Waals surface area (Å²) in [6.45, 7) is 1.05. The van der Waals surface area contributed by atoms with Crippen LogP contribution in [0, 0.1) is 11.6 Å². The zero-order chi connectivity index (χ0) is 22.8. The highest BCUT2D eigenvalue weighted by Crippen LogP contribution is 2.31. The highest BCUT2D eigenvalue weighted by Gasteiger charge is 2.27. The number of pyridine rings is 1. The fourth-order valence-electron chi connectivity index (χ4n) is 4.22. The van der Waals surface area contributed by atoms with Gasteiger partial charge in [0.25, 0.3) is 0 Å². The molecule has 1 aromatic carbocycles. The van der Waals surface area contributed by atoms with Crippen LogP contribution < -0.4 is 5.73 Å². The maximum Gasteiger partial charge on any atom is 0.320 e. The Balaban J connectivity index is 0.00000306. The molecule has 0 unspecified atom stereocenters. The van der Waals surface area contributed by atoms with Crippen LogP contribution in [0.15, 0.2) is 36.5 Å². The Morgan fingerprint density at radius 1 is 1.24 bits per heavy atom. The summed E-state index contributed by atoms with van der Waals surface area (Å²) < 4.78 is 29.6. The Labute approximate surface area is 195 Å². The van der Waals surface area contributed by atoms with E-state index in [0.29, 0.717) is 37.1 Å². The van der Waals surface area contributed by atoms with Gasteiger partial charge in [-0.2, -0.15) is 0 Å². The summed E-state index contributed by atoms with van der Waals surface area (Å²) in [4.78, 5) is 29.8. The number of hydrogen-bond acceptors (Lipinski definition) is 4. The number of nitrogens with two attached hydrogens (primary N) is 1. The van der Waals surface area contributed by atoms with Crippen LogP contribution in [-0.2, 0) is 29.1 Å². The van der Waals surface area contributed by atoms with Crippen molar-refractivity contribution >= 4 is 35.3 Å². The number of rotatable bonds is 7. The fraction of sp³-hybridized carbons (Fsp3) is 0.348. The molecular weight excluding hydrogens is 454 g/mol. The molecule has 3 heterocycles. The molecule has 1 aliphatic heterocycles. The maximum atomic E-state index is 14.4. The van der Waals surface area contributed by atoms with Crippen molar-refractivity contribution in [1.82, 2.24) is 14.5 Å². The van der Waals surface area contributed by atoms with E-state index in [2.05, 4.69) is 4.98 Å². The largest absolute Gasteiger partial charge is 0.480 e. The van der Waals surface area contributed by atoms with Crippen molar-refractivity contribution in [2.75, 3.05) is 6.54 Å². The lowest BCUT2D eigenvalue weighted by atomic mass is 10.0. The molecule has 0 saturated carbocycles. The van der Waals surface area contributed by atoms with Crippen molar-refractivity contribution in [3.63, 3.8) is 0 Å². The van der Waals surface area contributed by atoms with Gasteiger partial charge in [0.05, 0.1) is 13.1 Å². The maximum absolute atomic E-state index is 14.4. The summed E-state index contributed by atoms with van der Waals surface area (Å²) in [6.07, 6.45) is 3.13. The van der Waals surface area contributed by atoms with Gasteiger partial charge in [-0.25, -0.2) is 13.8 Å². The molecule has 3 aromatic rings. The number of aromatic nitrogens is 2. The second-order valence-corrected chi connectivity index (χ2v) is 8.02. The van der Waals surface area contributed by atoms with Crippen LogP contribution in [0.4, 0.5) is 8.78 Å². The molecule has 0 bridgehead atoms. The van der Waals surface area contributed by atoms with Gasteiger partial charge in [-0.1, -0.05) is 6.07 Å². The molecule has 0 saturated heterocycles. The van der Waals surface area contributed by atoms with Crippen LogP contribution in [0.2, 0.25) is 0 Å². The summed E-state index contributed by atoms with van der Waals surface area (Å²) in [5.41, 5.74) is 8.50. The SMILES string of the molecule is Cl.N[C@@H](CCCC(=O)N1CCc2c(n(Cc3ccc(F)cc3F)c3ncccc23)C1)C(=O)O. The van der Waals surface area contributed by atoms with Gasteiger partial charge >= 0.3 is 5.97 Å². The van der Waals surface area contributed by atoms with E-state index in [4.69, 9.17) is 10.8 Å². The number of halogens is 3. The van der Waals surface area contributed by atoms with Gasteiger partial charge in [-0.15, -0.1) is 12.4 Å². The number of nitrogens with zero attached hydrogens (tertiary/aromatic N) is 3. The molecular formula is C23H25ClF2N4O3. The third-order valence-electron chi connectivity index (χ3n) is 5.93. The molecule has 4 rings (SSSR count). The Kier molecular flexibility index (Phi) is 7.65. The molecule has 10 heteroatoms. The number of amides is 1. The molecule has 1 aliphatic rings. The first-order valence-corrected chi connectivity index (χ1v) is 10.5. The summed E-state index contributed by atoms with van der Waals surface area (Å²) in [7, 11) is 0. The van der Waals surface area contributed by atoms with Gasteiger partial charge in [-0.3, -0.25) is 9.59 Å². The normalized spacial score (nSPS) is 14.0. The van der Waals surface area contributed by atoms with Gasteiger partial charge in [0, 0.05) is 41.9 Å². The summed E-state index contributed by atoms with van der Waals surface area (Å²) in [6, 6.07) is 6.33. The molecule has 1 atom stereocenters. The number of hydrogen-bond donors (Lipinski definition) is 2. The number of carbonyl (C=O) groups excluding carboxylic acids is 1. The van der Waals surface area contributed by atoms with Crippen molar-refractivity contribution in [1.29, 1.82) is 0 Å². The second-order valence-electron chi connectivity index (χ2n) is 8.02. The van der Waals surface area contributed by atoms with E-state index in [1.807, 2.05) is 16.7 Å². The third-order valence-corrected chi connectivity index (χ3v) is 5.93. The average Bonchev–Trinajstić information content (AvgIpc) is 3.08. The van der Waals surface area contributed by atoms with Crippen LogP contribution in [0.5, 0.6) is 0 Å². The van der Waals surface area contributed by atoms with Crippen molar-refractivity contribution in [3.8, 4) is 0 Å². The van der Waals surface area contributed by atoms with Crippen LogP contribution in [-0.4, -0.2) is 44.0 Å². The van der Waals surface area contributed by atoms with Gasteiger partial charge in [0.1, 0.15) is 23.3 Å². The summed E-state index contributed by atoms with van der Waals surface area (Å²) in [5.74, 6) is -2.42. The quantitative estimate of drug-likeness (QED) is 0.543. The molecule has 176 valence electrons. The van der Waals surface area contributed by atoms with Crippen LogP contribution in [0.3, 0.4) is 0 Å². The molecule has 0 aliphatic carbocycles.